The molecule has 3 rings (SSSR count). The minimum atomic E-state index is -0.930. The van der Waals surface area contributed by atoms with Gasteiger partial charge in [0.15, 0.2) is 6.10 Å². The van der Waals surface area contributed by atoms with Gasteiger partial charge in [-0.3, -0.25) is 9.59 Å². The predicted octanol–water partition coefficient (Wildman–Crippen LogP) is 2.06. The lowest BCUT2D eigenvalue weighted by Gasteiger charge is -2.14. The number of aromatic nitrogens is 4. The number of nitrogens with one attached hydrogen (secondary N) is 1. The molecule has 0 saturated heterocycles. The number of rotatable bonds is 7. The van der Waals surface area contributed by atoms with Crippen LogP contribution < -0.4 is 5.32 Å². The van der Waals surface area contributed by atoms with E-state index < -0.39 is 18.0 Å². The van der Waals surface area contributed by atoms with Crippen LogP contribution in [-0.4, -0.2) is 37.6 Å². The minimum Gasteiger partial charge on any atom is -0.453 e. The van der Waals surface area contributed by atoms with Gasteiger partial charge in [-0.2, -0.15) is 10.1 Å². The molecule has 0 saturated carbocycles. The van der Waals surface area contributed by atoms with E-state index in [1.807, 2.05) is 13.8 Å². The lowest BCUT2D eigenvalue weighted by atomic mass is 10.1. The van der Waals surface area contributed by atoms with Gasteiger partial charge >= 0.3 is 5.97 Å². The number of nitrogens with zero attached hydrogens (tertiary/aromatic N) is 4. The molecule has 1 aromatic carbocycles. The van der Waals surface area contributed by atoms with Gasteiger partial charge in [-0.25, -0.2) is 13.9 Å². The fourth-order valence-corrected chi connectivity index (χ4v) is 2.99. The highest BCUT2D eigenvalue weighted by molar-refractivity contribution is 5.83. The van der Waals surface area contributed by atoms with Gasteiger partial charge in [-0.05, 0) is 50.5 Å². The molecule has 0 bridgehead atoms. The number of amides is 1. The quantitative estimate of drug-likeness (QED) is 0.611. The molecule has 1 amide bonds. The van der Waals surface area contributed by atoms with Crippen molar-refractivity contribution >= 4 is 17.7 Å². The fourth-order valence-electron chi connectivity index (χ4n) is 2.99. The van der Waals surface area contributed by atoms with E-state index in [4.69, 9.17) is 4.74 Å². The highest BCUT2D eigenvalue weighted by Gasteiger charge is 2.19. The summed E-state index contributed by atoms with van der Waals surface area (Å²) in [4.78, 5) is 32.7. The van der Waals surface area contributed by atoms with Crippen molar-refractivity contribution in [3.05, 3.63) is 58.9 Å². The van der Waals surface area contributed by atoms with Crippen molar-refractivity contribution in [1.82, 2.24) is 24.9 Å². The Bertz CT molecular complexity index is 1030. The smallest absolute Gasteiger partial charge is 0.306 e. The third-order valence-electron chi connectivity index (χ3n) is 4.63. The Kier molecular flexibility index (Phi) is 6.16. The molecular weight excluding hydrogens is 377 g/mol. The van der Waals surface area contributed by atoms with E-state index in [1.165, 1.54) is 25.4 Å². The maximum atomic E-state index is 12.9. The predicted molar refractivity (Wildman–Crippen MR) is 102 cm³/mol. The molecule has 1 atom stereocenters. The van der Waals surface area contributed by atoms with Gasteiger partial charge in [0.25, 0.3) is 11.7 Å². The number of benzene rings is 1. The van der Waals surface area contributed by atoms with Crippen LogP contribution in [0, 0.1) is 19.7 Å². The molecule has 0 aliphatic rings. The maximum Gasteiger partial charge on any atom is 0.306 e. The molecule has 2 aromatic heterocycles. The summed E-state index contributed by atoms with van der Waals surface area (Å²) in [6.45, 7) is 5.48. The van der Waals surface area contributed by atoms with Crippen LogP contribution in [0.2, 0.25) is 0 Å². The van der Waals surface area contributed by atoms with Crippen molar-refractivity contribution in [2.75, 3.05) is 0 Å². The molecule has 29 heavy (non-hydrogen) atoms. The van der Waals surface area contributed by atoms with Gasteiger partial charge in [0, 0.05) is 24.4 Å². The summed E-state index contributed by atoms with van der Waals surface area (Å²) in [5.74, 6) is -0.726. The molecule has 9 heteroatoms. The number of halogens is 1. The van der Waals surface area contributed by atoms with Gasteiger partial charge in [-0.15, -0.1) is 0 Å². The molecule has 0 unspecified atom stereocenters. The number of carbonyl (C=O) groups is 2. The first kappa shape index (κ1) is 20.4. The Labute approximate surface area is 167 Å². The Morgan fingerprint density at radius 2 is 1.97 bits per heavy atom. The fraction of sp³-hybridized carbons (Fsp3) is 0.350. The lowest BCUT2D eigenvalue weighted by molar-refractivity contribution is -0.154. The van der Waals surface area contributed by atoms with Gasteiger partial charge < -0.3 is 10.1 Å². The number of fused-ring (bicyclic) bond motifs is 1. The molecule has 0 aliphatic heterocycles. The number of hydrogen-bond donors (Lipinski definition) is 1. The van der Waals surface area contributed by atoms with Crippen molar-refractivity contribution in [3.63, 3.8) is 0 Å². The van der Waals surface area contributed by atoms with Gasteiger partial charge in [0.05, 0.1) is 0 Å². The zero-order valence-corrected chi connectivity index (χ0v) is 16.5. The van der Waals surface area contributed by atoms with E-state index in [9.17, 15) is 14.0 Å². The lowest BCUT2D eigenvalue weighted by Crippen LogP contribution is -2.35. The number of aryl methyl sites for hydroxylation is 2. The summed E-state index contributed by atoms with van der Waals surface area (Å²) in [5.41, 5.74) is 3.29. The summed E-state index contributed by atoms with van der Waals surface area (Å²) >= 11 is 0. The minimum absolute atomic E-state index is 0.110. The van der Waals surface area contributed by atoms with Crippen LogP contribution in [0.5, 0.6) is 0 Å². The number of esters is 1. The summed E-state index contributed by atoms with van der Waals surface area (Å²) in [7, 11) is 0. The second-order valence-corrected chi connectivity index (χ2v) is 6.71. The second kappa shape index (κ2) is 8.76. The molecule has 152 valence electrons. The van der Waals surface area contributed by atoms with Crippen LogP contribution in [0.3, 0.4) is 0 Å². The van der Waals surface area contributed by atoms with Gasteiger partial charge in [0.2, 0.25) is 0 Å². The molecule has 3 aromatic rings. The van der Waals surface area contributed by atoms with Crippen LogP contribution in [-0.2, 0) is 27.3 Å². The van der Waals surface area contributed by atoms with Gasteiger partial charge in [0.1, 0.15) is 12.1 Å². The Hall–Kier alpha value is -3.36. The molecule has 8 nitrogen and oxygen atoms in total. The number of ether oxygens (including phenoxy) is 1. The standard InChI is InChI=1S/C20H22FN5O3/c1-12-17(13(2)26-20(25-12)23-11-24-26)8-9-18(27)29-14(3)19(28)22-10-15-4-6-16(21)7-5-15/h4-7,11,14H,8-10H2,1-3H3,(H,22,28)/t14-/m1/s1. The van der Waals surface area contributed by atoms with E-state index in [2.05, 4.69) is 20.4 Å². The van der Waals surface area contributed by atoms with Crippen LogP contribution >= 0.6 is 0 Å². The summed E-state index contributed by atoms with van der Waals surface area (Å²) in [5, 5.41) is 6.79. The number of carbonyl (C=O) groups excluding carboxylic acids is 2. The largest absolute Gasteiger partial charge is 0.453 e. The number of hydrogen-bond acceptors (Lipinski definition) is 6. The maximum absolute atomic E-state index is 12.9. The normalized spacial score (nSPS) is 12.0. The zero-order chi connectivity index (χ0) is 21.0. The first-order chi connectivity index (χ1) is 13.8. The van der Waals surface area contributed by atoms with Crippen LogP contribution in [0.4, 0.5) is 4.39 Å². The van der Waals surface area contributed by atoms with Crippen molar-refractivity contribution in [2.24, 2.45) is 0 Å². The summed E-state index contributed by atoms with van der Waals surface area (Å²) in [6.07, 6.45) is 1.03. The van der Waals surface area contributed by atoms with Crippen molar-refractivity contribution in [3.8, 4) is 0 Å². The van der Waals surface area contributed by atoms with E-state index in [-0.39, 0.29) is 18.8 Å². The third kappa shape index (κ3) is 4.92. The molecule has 0 fully saturated rings. The first-order valence-corrected chi connectivity index (χ1v) is 9.22. The summed E-state index contributed by atoms with van der Waals surface area (Å²) < 4.78 is 19.8. The highest BCUT2D eigenvalue weighted by Crippen LogP contribution is 2.15. The van der Waals surface area contributed by atoms with E-state index >= 15 is 0 Å². The Morgan fingerprint density at radius 1 is 1.24 bits per heavy atom. The molecule has 0 radical (unpaired) electrons. The van der Waals surface area contributed by atoms with Crippen molar-refractivity contribution in [2.45, 2.75) is 46.3 Å². The first-order valence-electron chi connectivity index (χ1n) is 9.22. The third-order valence-corrected chi connectivity index (χ3v) is 4.63. The zero-order valence-electron chi connectivity index (χ0n) is 16.5. The average Bonchev–Trinajstić information content (AvgIpc) is 3.15. The average molecular weight is 399 g/mol. The molecule has 0 aliphatic carbocycles. The Balaban J connectivity index is 1.51. The topological polar surface area (TPSA) is 98.5 Å². The SMILES string of the molecule is Cc1nc2ncnn2c(C)c1CCC(=O)O[C@H](C)C(=O)NCc1ccc(F)cc1. The molecule has 2 heterocycles. The summed E-state index contributed by atoms with van der Waals surface area (Å²) in [6, 6.07) is 5.80. The van der Waals surface area contributed by atoms with E-state index in [0.29, 0.717) is 12.2 Å². The van der Waals surface area contributed by atoms with E-state index in [0.717, 1.165) is 22.5 Å². The van der Waals surface area contributed by atoms with Crippen molar-refractivity contribution < 1.29 is 18.7 Å². The monoisotopic (exact) mass is 399 g/mol. The molecular formula is C20H22FN5O3. The second-order valence-electron chi connectivity index (χ2n) is 6.71. The van der Waals surface area contributed by atoms with Gasteiger partial charge in [-0.1, -0.05) is 12.1 Å². The van der Waals surface area contributed by atoms with E-state index in [1.54, 1.807) is 16.6 Å². The van der Waals surface area contributed by atoms with Crippen molar-refractivity contribution in [1.29, 1.82) is 0 Å². The van der Waals surface area contributed by atoms with Crippen LogP contribution in [0.15, 0.2) is 30.6 Å². The molecule has 0 spiro atoms. The highest BCUT2D eigenvalue weighted by atomic mass is 19.1. The van der Waals surface area contributed by atoms with Crippen LogP contribution in [0.1, 0.15) is 35.9 Å². The Morgan fingerprint density at radius 3 is 2.69 bits per heavy atom. The molecule has 1 N–H and O–H groups in total. The van der Waals surface area contributed by atoms with Crippen LogP contribution in [0.25, 0.3) is 5.78 Å².